The predicted molar refractivity (Wildman–Crippen MR) is 139 cm³/mol. The van der Waals surface area contributed by atoms with Crippen LogP contribution in [0.4, 0.5) is 5.82 Å². The molecular weight excluding hydrogens is 492 g/mol. The molecule has 2 aromatic heterocycles. The average molecular weight is 521 g/mol. The number of hydrogen-bond donors (Lipinski definition) is 2. The van der Waals surface area contributed by atoms with Crippen molar-refractivity contribution < 1.29 is 17.6 Å². The molecule has 1 fully saturated rings. The van der Waals surface area contributed by atoms with E-state index in [2.05, 4.69) is 32.4 Å². The number of nitrogens with zero attached hydrogens (tertiary/aromatic N) is 4. The molecule has 11 heteroatoms. The Kier molecular flexibility index (Phi) is 7.26. The summed E-state index contributed by atoms with van der Waals surface area (Å²) in [4.78, 5) is 9.12. The number of rotatable bonds is 8. The van der Waals surface area contributed by atoms with Crippen LogP contribution in [0.2, 0.25) is 0 Å². The van der Waals surface area contributed by atoms with Gasteiger partial charge in [0.2, 0.25) is 5.89 Å². The Morgan fingerprint density at radius 1 is 0.973 bits per heavy atom. The second kappa shape index (κ2) is 10.8. The average Bonchev–Trinajstić information content (AvgIpc) is 3.43. The minimum Gasteiger partial charge on any atom is -0.414 e. The van der Waals surface area contributed by atoms with E-state index < -0.39 is 15.1 Å². The van der Waals surface area contributed by atoms with Gasteiger partial charge in [-0.3, -0.25) is 0 Å². The van der Waals surface area contributed by atoms with Gasteiger partial charge in [0.05, 0.1) is 22.0 Å². The third kappa shape index (κ3) is 5.38. The van der Waals surface area contributed by atoms with Crippen molar-refractivity contribution in [1.82, 2.24) is 25.5 Å². The van der Waals surface area contributed by atoms with Gasteiger partial charge in [0.1, 0.15) is 0 Å². The minimum atomic E-state index is -3.42. The van der Waals surface area contributed by atoms with Crippen molar-refractivity contribution in [2.24, 2.45) is 0 Å². The Morgan fingerprint density at radius 2 is 1.65 bits per heavy atom. The molecule has 2 aromatic carbocycles. The third-order valence-electron chi connectivity index (χ3n) is 6.29. The number of nitrogens with two attached hydrogens (primary N) is 1. The van der Waals surface area contributed by atoms with E-state index in [4.69, 9.17) is 14.9 Å². The van der Waals surface area contributed by atoms with Crippen molar-refractivity contribution >= 4 is 15.7 Å². The smallest absolute Gasteiger partial charge is 0.270 e. The number of aromatic nitrogens is 4. The Bertz CT molecular complexity index is 1460. The lowest BCUT2D eigenvalue weighted by molar-refractivity contribution is 0.0983. The van der Waals surface area contributed by atoms with Gasteiger partial charge in [-0.1, -0.05) is 31.2 Å². The van der Waals surface area contributed by atoms with Crippen LogP contribution < -0.4 is 11.1 Å². The predicted octanol–water partition coefficient (Wildman–Crippen LogP) is 3.51. The van der Waals surface area contributed by atoms with Crippen LogP contribution in [0.15, 0.2) is 64.0 Å². The van der Waals surface area contributed by atoms with Crippen molar-refractivity contribution in [3.8, 4) is 34.3 Å². The highest BCUT2D eigenvalue weighted by Gasteiger charge is 2.29. The van der Waals surface area contributed by atoms with Gasteiger partial charge in [0.15, 0.2) is 21.3 Å². The van der Waals surface area contributed by atoms with Crippen LogP contribution in [0.5, 0.6) is 0 Å². The number of nitrogens with one attached hydrogen (secondary N) is 1. The van der Waals surface area contributed by atoms with E-state index >= 15 is 0 Å². The Balaban J connectivity index is 1.37. The van der Waals surface area contributed by atoms with Crippen molar-refractivity contribution in [2.45, 2.75) is 36.5 Å². The van der Waals surface area contributed by atoms with Crippen molar-refractivity contribution in [1.29, 1.82) is 0 Å². The van der Waals surface area contributed by atoms with Crippen LogP contribution >= 0.6 is 0 Å². The van der Waals surface area contributed by atoms with Crippen LogP contribution in [-0.4, -0.2) is 53.6 Å². The Hall–Kier alpha value is -3.67. The van der Waals surface area contributed by atoms with E-state index in [1.807, 2.05) is 24.3 Å². The molecular formula is C26H28N6O4S. The van der Waals surface area contributed by atoms with E-state index in [-0.39, 0.29) is 22.3 Å². The van der Waals surface area contributed by atoms with Gasteiger partial charge >= 0.3 is 0 Å². The molecule has 0 spiro atoms. The Morgan fingerprint density at radius 3 is 2.35 bits per heavy atom. The molecule has 5 rings (SSSR count). The standard InChI is InChI=1S/C26H28N6O4S/c1-2-28-15-17-3-5-19(6-4-17)25-31-32-26(36-25)23-24(27)29-16-22(30-23)18-7-9-20(10-8-18)37(33,34)21-11-13-35-14-12-21/h3-10,16,21,28H,2,11-15H2,1H3,(H2,27,29). The summed E-state index contributed by atoms with van der Waals surface area (Å²) in [5.41, 5.74) is 9.47. The molecule has 0 radical (unpaired) electrons. The van der Waals surface area contributed by atoms with Crippen LogP contribution in [0.25, 0.3) is 34.3 Å². The summed E-state index contributed by atoms with van der Waals surface area (Å²) in [5.74, 6) is 0.648. The fourth-order valence-corrected chi connectivity index (χ4v) is 5.87. The lowest BCUT2D eigenvalue weighted by Gasteiger charge is -2.22. The zero-order valence-electron chi connectivity index (χ0n) is 20.4. The van der Waals surface area contributed by atoms with E-state index in [1.54, 1.807) is 24.3 Å². The lowest BCUT2D eigenvalue weighted by Crippen LogP contribution is -2.28. The molecule has 3 heterocycles. The summed E-state index contributed by atoms with van der Waals surface area (Å²) < 4.78 is 37.1. The van der Waals surface area contributed by atoms with Gasteiger partial charge in [0, 0.05) is 30.9 Å². The number of sulfone groups is 1. The molecule has 0 amide bonds. The minimum absolute atomic E-state index is 0.150. The first-order chi connectivity index (χ1) is 18.0. The highest BCUT2D eigenvalue weighted by Crippen LogP contribution is 2.29. The first kappa shape index (κ1) is 25.0. The summed E-state index contributed by atoms with van der Waals surface area (Å²) in [7, 11) is -3.42. The molecule has 0 atom stereocenters. The van der Waals surface area contributed by atoms with Gasteiger partial charge in [-0.25, -0.2) is 18.4 Å². The molecule has 1 aliphatic rings. The highest BCUT2D eigenvalue weighted by atomic mass is 32.2. The molecule has 3 N–H and O–H groups in total. The van der Waals surface area contributed by atoms with Crippen molar-refractivity contribution in [3.05, 3.63) is 60.3 Å². The summed E-state index contributed by atoms with van der Waals surface area (Å²) in [5, 5.41) is 11.1. The Labute approximate surface area is 215 Å². The monoisotopic (exact) mass is 520 g/mol. The number of hydrogen-bond acceptors (Lipinski definition) is 10. The molecule has 0 bridgehead atoms. The third-order valence-corrected chi connectivity index (χ3v) is 8.57. The van der Waals surface area contributed by atoms with Gasteiger partial charge < -0.3 is 20.2 Å². The molecule has 37 heavy (non-hydrogen) atoms. The molecule has 4 aromatic rings. The SMILES string of the molecule is CCNCc1ccc(-c2nnc(-c3nc(-c4ccc(S(=O)(=O)C5CCOCC5)cc4)cnc3N)o2)cc1. The fraction of sp³-hybridized carbons (Fsp3) is 0.308. The van der Waals surface area contributed by atoms with Gasteiger partial charge in [-0.2, -0.15) is 0 Å². The van der Waals surface area contributed by atoms with Crippen LogP contribution in [-0.2, 0) is 21.1 Å². The lowest BCUT2D eigenvalue weighted by atomic mass is 10.1. The molecule has 192 valence electrons. The number of ether oxygens (including phenoxy) is 1. The number of benzene rings is 2. The quantitative estimate of drug-likeness (QED) is 0.354. The molecule has 0 unspecified atom stereocenters. The van der Waals surface area contributed by atoms with Crippen LogP contribution in [0.3, 0.4) is 0 Å². The van der Waals surface area contributed by atoms with E-state index in [1.165, 1.54) is 6.20 Å². The van der Waals surface area contributed by atoms with E-state index in [9.17, 15) is 8.42 Å². The number of anilines is 1. The van der Waals surface area contributed by atoms with Crippen LogP contribution in [0, 0.1) is 0 Å². The zero-order valence-corrected chi connectivity index (χ0v) is 21.2. The second-order valence-electron chi connectivity index (χ2n) is 8.76. The maximum absolute atomic E-state index is 13.0. The van der Waals surface area contributed by atoms with E-state index in [0.29, 0.717) is 43.2 Å². The summed E-state index contributed by atoms with van der Waals surface area (Å²) >= 11 is 0. The molecule has 10 nitrogen and oxygen atoms in total. The normalized spacial score (nSPS) is 14.6. The number of nitrogen functional groups attached to an aromatic ring is 1. The van der Waals surface area contributed by atoms with Crippen LogP contribution in [0.1, 0.15) is 25.3 Å². The summed E-state index contributed by atoms with van der Waals surface area (Å²) in [6.07, 6.45) is 2.54. The first-order valence-corrected chi connectivity index (χ1v) is 13.7. The molecule has 0 saturated carbocycles. The van der Waals surface area contributed by atoms with Gasteiger partial charge in [-0.05, 0) is 49.2 Å². The summed E-state index contributed by atoms with van der Waals surface area (Å²) in [6, 6.07) is 14.5. The first-order valence-electron chi connectivity index (χ1n) is 12.1. The topological polar surface area (TPSA) is 146 Å². The largest absolute Gasteiger partial charge is 0.414 e. The van der Waals surface area contributed by atoms with E-state index in [0.717, 1.165) is 24.2 Å². The second-order valence-corrected chi connectivity index (χ2v) is 11.0. The molecule has 1 aliphatic heterocycles. The fourth-order valence-electron chi connectivity index (χ4n) is 4.16. The highest BCUT2D eigenvalue weighted by molar-refractivity contribution is 7.92. The molecule has 1 saturated heterocycles. The summed E-state index contributed by atoms with van der Waals surface area (Å²) in [6.45, 7) is 4.67. The van der Waals surface area contributed by atoms with Crippen molar-refractivity contribution in [2.75, 3.05) is 25.5 Å². The maximum Gasteiger partial charge on any atom is 0.270 e. The van der Waals surface area contributed by atoms with Gasteiger partial charge in [0.25, 0.3) is 5.89 Å². The maximum atomic E-state index is 13.0. The zero-order chi connectivity index (χ0) is 25.8. The molecule has 0 aliphatic carbocycles. The van der Waals surface area contributed by atoms with Crippen molar-refractivity contribution in [3.63, 3.8) is 0 Å². The van der Waals surface area contributed by atoms with Gasteiger partial charge in [-0.15, -0.1) is 10.2 Å².